The van der Waals surface area contributed by atoms with Gasteiger partial charge in [0.1, 0.15) is 11.9 Å². The number of rotatable bonds is 3. The van der Waals surface area contributed by atoms with Gasteiger partial charge in [0.05, 0.1) is 5.69 Å². The summed E-state index contributed by atoms with van der Waals surface area (Å²) in [6, 6.07) is 3.01. The van der Waals surface area contributed by atoms with Crippen LogP contribution < -0.4 is 11.1 Å². The van der Waals surface area contributed by atoms with E-state index in [9.17, 15) is 14.0 Å². The van der Waals surface area contributed by atoms with Crippen molar-refractivity contribution in [3.63, 3.8) is 0 Å². The quantitative estimate of drug-likeness (QED) is 0.775. The average Bonchev–Trinajstić information content (AvgIpc) is 2.31. The fourth-order valence-electron chi connectivity index (χ4n) is 1.41. The van der Waals surface area contributed by atoms with E-state index < -0.39 is 17.8 Å². The molecule has 0 aromatic heterocycles. The molecule has 2 amide bonds. The number of likely N-dealkylation sites (N-methyl/N-ethyl adjacent to an activating group) is 1. The van der Waals surface area contributed by atoms with Gasteiger partial charge in [0.15, 0.2) is 0 Å². The summed E-state index contributed by atoms with van der Waals surface area (Å²) < 4.78 is 12.9. The highest BCUT2D eigenvalue weighted by Gasteiger charge is 2.18. The first-order valence-electron chi connectivity index (χ1n) is 5.40. The van der Waals surface area contributed by atoms with Gasteiger partial charge in [-0.1, -0.05) is 0 Å². The number of anilines is 1. The molecule has 0 aliphatic rings. The lowest BCUT2D eigenvalue weighted by Gasteiger charge is -2.18. The molecule has 0 spiro atoms. The molecule has 0 saturated carbocycles. The van der Waals surface area contributed by atoms with Gasteiger partial charge in [-0.05, 0) is 25.1 Å². The predicted molar refractivity (Wildman–Crippen MR) is 66.4 cm³/mol. The number of nitrogens with zero attached hydrogens (tertiary/aromatic N) is 1. The van der Waals surface area contributed by atoms with Crippen molar-refractivity contribution in [1.82, 2.24) is 10.2 Å². The SMILES string of the molecule is CC(NC(=O)c1ccc(F)c(N)c1)C(=O)N(C)C. The Morgan fingerprint density at radius 3 is 2.50 bits per heavy atom. The number of amides is 2. The molecule has 98 valence electrons. The lowest BCUT2D eigenvalue weighted by atomic mass is 10.1. The molecule has 0 bridgehead atoms. The summed E-state index contributed by atoms with van der Waals surface area (Å²) in [5, 5.41) is 2.52. The number of hydrogen-bond acceptors (Lipinski definition) is 3. The normalized spacial score (nSPS) is 11.8. The molecule has 0 radical (unpaired) electrons. The van der Waals surface area contributed by atoms with Gasteiger partial charge in [0.2, 0.25) is 5.91 Å². The number of carbonyl (C=O) groups is 2. The minimum atomic E-state index is -0.654. The van der Waals surface area contributed by atoms with Gasteiger partial charge in [0, 0.05) is 19.7 Å². The van der Waals surface area contributed by atoms with Crippen molar-refractivity contribution in [2.75, 3.05) is 19.8 Å². The maximum Gasteiger partial charge on any atom is 0.251 e. The zero-order chi connectivity index (χ0) is 13.9. The average molecular weight is 253 g/mol. The molecule has 3 N–H and O–H groups in total. The lowest BCUT2D eigenvalue weighted by Crippen LogP contribution is -2.44. The van der Waals surface area contributed by atoms with Crippen LogP contribution >= 0.6 is 0 Å². The Bertz CT molecular complexity index is 474. The summed E-state index contributed by atoms with van der Waals surface area (Å²) >= 11 is 0. The number of carbonyl (C=O) groups excluding carboxylic acids is 2. The van der Waals surface area contributed by atoms with Crippen molar-refractivity contribution >= 4 is 17.5 Å². The van der Waals surface area contributed by atoms with Gasteiger partial charge in [-0.25, -0.2) is 4.39 Å². The molecule has 0 fully saturated rings. The first-order valence-corrected chi connectivity index (χ1v) is 5.40. The summed E-state index contributed by atoms with van der Waals surface area (Å²) in [6.45, 7) is 1.58. The van der Waals surface area contributed by atoms with Crippen molar-refractivity contribution in [3.05, 3.63) is 29.6 Å². The first-order chi connectivity index (χ1) is 8.32. The second-order valence-electron chi connectivity index (χ2n) is 4.16. The molecule has 0 aliphatic carbocycles. The van der Waals surface area contributed by atoms with Crippen LogP contribution in [0.15, 0.2) is 18.2 Å². The molecule has 18 heavy (non-hydrogen) atoms. The van der Waals surface area contributed by atoms with E-state index in [2.05, 4.69) is 5.32 Å². The largest absolute Gasteiger partial charge is 0.396 e. The molecule has 1 rings (SSSR count). The number of nitrogen functional groups attached to an aromatic ring is 1. The van der Waals surface area contributed by atoms with Gasteiger partial charge in [-0.2, -0.15) is 0 Å². The Morgan fingerprint density at radius 2 is 2.00 bits per heavy atom. The summed E-state index contributed by atoms with van der Waals surface area (Å²) in [4.78, 5) is 24.7. The molecule has 6 heteroatoms. The van der Waals surface area contributed by atoms with Crippen LogP contribution in [0.3, 0.4) is 0 Å². The fraction of sp³-hybridized carbons (Fsp3) is 0.333. The van der Waals surface area contributed by atoms with Crippen molar-refractivity contribution in [2.24, 2.45) is 0 Å². The number of hydrogen-bond donors (Lipinski definition) is 2. The molecule has 1 aromatic rings. The van der Waals surface area contributed by atoms with Gasteiger partial charge in [-0.15, -0.1) is 0 Å². The highest BCUT2D eigenvalue weighted by molar-refractivity contribution is 5.97. The van der Waals surface area contributed by atoms with E-state index in [0.717, 1.165) is 6.07 Å². The Balaban J connectivity index is 2.76. The zero-order valence-corrected chi connectivity index (χ0v) is 10.5. The van der Waals surface area contributed by atoms with Crippen LogP contribution in [0.1, 0.15) is 17.3 Å². The third-order valence-corrected chi connectivity index (χ3v) is 2.42. The van der Waals surface area contributed by atoms with Crippen molar-refractivity contribution < 1.29 is 14.0 Å². The van der Waals surface area contributed by atoms with E-state index in [1.807, 2.05) is 0 Å². The van der Waals surface area contributed by atoms with Crippen LogP contribution in [0.4, 0.5) is 10.1 Å². The van der Waals surface area contributed by atoms with Crippen LogP contribution in [-0.4, -0.2) is 36.9 Å². The number of halogens is 1. The standard InChI is InChI=1S/C12H16FN3O2/c1-7(12(18)16(2)3)15-11(17)8-4-5-9(13)10(14)6-8/h4-7H,14H2,1-3H3,(H,15,17). The van der Waals surface area contributed by atoms with Gasteiger partial charge in [-0.3, -0.25) is 9.59 Å². The molecular weight excluding hydrogens is 237 g/mol. The van der Waals surface area contributed by atoms with E-state index in [1.54, 1.807) is 21.0 Å². The minimum absolute atomic E-state index is 0.103. The Morgan fingerprint density at radius 1 is 1.39 bits per heavy atom. The monoisotopic (exact) mass is 253 g/mol. The predicted octanol–water partition coefficient (Wildman–Crippen LogP) is 0.614. The molecule has 0 aliphatic heterocycles. The smallest absolute Gasteiger partial charge is 0.251 e. The fourth-order valence-corrected chi connectivity index (χ4v) is 1.41. The van der Waals surface area contributed by atoms with E-state index >= 15 is 0 Å². The van der Waals surface area contributed by atoms with E-state index in [0.29, 0.717) is 0 Å². The first kappa shape index (κ1) is 14.0. The van der Waals surface area contributed by atoms with Crippen LogP contribution in [0.2, 0.25) is 0 Å². The van der Waals surface area contributed by atoms with E-state index in [-0.39, 0.29) is 17.2 Å². The maximum absolute atomic E-state index is 12.9. The summed E-state index contributed by atoms with van der Waals surface area (Å²) in [6.07, 6.45) is 0. The Labute approximate surface area is 105 Å². The Kier molecular flexibility index (Phi) is 4.25. The third kappa shape index (κ3) is 3.19. The summed E-state index contributed by atoms with van der Waals surface area (Å²) in [7, 11) is 3.20. The Hall–Kier alpha value is -2.11. The highest BCUT2D eigenvalue weighted by atomic mass is 19.1. The third-order valence-electron chi connectivity index (χ3n) is 2.42. The maximum atomic E-state index is 12.9. The minimum Gasteiger partial charge on any atom is -0.396 e. The van der Waals surface area contributed by atoms with E-state index in [4.69, 9.17) is 5.73 Å². The lowest BCUT2D eigenvalue weighted by molar-refractivity contribution is -0.130. The number of nitrogens with one attached hydrogen (secondary N) is 1. The highest BCUT2D eigenvalue weighted by Crippen LogP contribution is 2.12. The van der Waals surface area contributed by atoms with Crippen molar-refractivity contribution in [2.45, 2.75) is 13.0 Å². The molecule has 0 saturated heterocycles. The van der Waals surface area contributed by atoms with Crippen LogP contribution in [0.5, 0.6) is 0 Å². The number of benzene rings is 1. The van der Waals surface area contributed by atoms with Crippen molar-refractivity contribution in [1.29, 1.82) is 0 Å². The number of nitrogens with two attached hydrogens (primary N) is 1. The van der Waals surface area contributed by atoms with Crippen LogP contribution in [0.25, 0.3) is 0 Å². The second kappa shape index (κ2) is 5.48. The molecule has 1 aromatic carbocycles. The second-order valence-corrected chi connectivity index (χ2v) is 4.16. The van der Waals surface area contributed by atoms with E-state index in [1.165, 1.54) is 17.0 Å². The topological polar surface area (TPSA) is 75.4 Å². The molecule has 1 atom stereocenters. The molecular formula is C12H16FN3O2. The summed E-state index contributed by atoms with van der Waals surface area (Å²) in [5.74, 6) is -1.27. The van der Waals surface area contributed by atoms with Gasteiger partial charge in [0.25, 0.3) is 5.91 Å². The molecule has 5 nitrogen and oxygen atoms in total. The zero-order valence-electron chi connectivity index (χ0n) is 10.5. The molecule has 0 heterocycles. The van der Waals surface area contributed by atoms with Crippen LogP contribution in [0, 0.1) is 5.82 Å². The van der Waals surface area contributed by atoms with Gasteiger partial charge < -0.3 is 16.0 Å². The van der Waals surface area contributed by atoms with Gasteiger partial charge >= 0.3 is 0 Å². The molecule has 1 unspecified atom stereocenters. The summed E-state index contributed by atoms with van der Waals surface area (Å²) in [5.41, 5.74) is 5.48. The van der Waals surface area contributed by atoms with Crippen molar-refractivity contribution in [3.8, 4) is 0 Å². The van der Waals surface area contributed by atoms with Crippen LogP contribution in [-0.2, 0) is 4.79 Å².